The van der Waals surface area contributed by atoms with E-state index in [9.17, 15) is 4.79 Å². The van der Waals surface area contributed by atoms with Gasteiger partial charge in [0.25, 0.3) is 0 Å². The van der Waals surface area contributed by atoms with Crippen molar-refractivity contribution in [3.8, 4) is 0 Å². The predicted octanol–water partition coefficient (Wildman–Crippen LogP) is 2.86. The summed E-state index contributed by atoms with van der Waals surface area (Å²) in [5, 5.41) is 12.1. The maximum Gasteiger partial charge on any atom is 0.244 e. The fourth-order valence-corrected chi connectivity index (χ4v) is 2.74. The first-order chi connectivity index (χ1) is 10.6. The molecule has 5 nitrogen and oxygen atoms in total. The summed E-state index contributed by atoms with van der Waals surface area (Å²) in [4.78, 5) is 11.9. The van der Waals surface area contributed by atoms with Crippen molar-refractivity contribution in [2.75, 3.05) is 0 Å². The van der Waals surface area contributed by atoms with Crippen LogP contribution in [0.4, 0.5) is 0 Å². The lowest BCUT2D eigenvalue weighted by atomic mass is 10.2. The van der Waals surface area contributed by atoms with E-state index in [0.29, 0.717) is 22.2 Å². The molecular formula is C15H14Cl2N4O. The van der Waals surface area contributed by atoms with Gasteiger partial charge in [-0.1, -0.05) is 23.2 Å². The first-order valence-electron chi connectivity index (χ1n) is 6.95. The van der Waals surface area contributed by atoms with Gasteiger partial charge in [0.2, 0.25) is 5.91 Å². The third kappa shape index (κ3) is 3.31. The molecule has 7 heteroatoms. The third-order valence-electron chi connectivity index (χ3n) is 3.48. The van der Waals surface area contributed by atoms with Crippen LogP contribution < -0.4 is 5.32 Å². The second-order valence-corrected chi connectivity index (χ2v) is 5.85. The number of nitrogens with zero attached hydrogens (tertiary/aromatic N) is 3. The number of hydrogen-bond donors (Lipinski definition) is 1. The molecule has 0 radical (unpaired) electrons. The number of fused-ring (bicyclic) bond motifs is 1. The largest absolute Gasteiger partial charge is 0.345 e. The normalized spacial score (nSPS) is 13.5. The van der Waals surface area contributed by atoms with Gasteiger partial charge in [0, 0.05) is 29.1 Å². The summed E-state index contributed by atoms with van der Waals surface area (Å²) in [6, 6.07) is 5.10. The molecular weight excluding hydrogens is 323 g/mol. The van der Waals surface area contributed by atoms with E-state index in [0.717, 1.165) is 31.0 Å². The van der Waals surface area contributed by atoms with Gasteiger partial charge in [0.15, 0.2) is 5.82 Å². The summed E-state index contributed by atoms with van der Waals surface area (Å²) in [6.07, 6.45) is 5.10. The zero-order chi connectivity index (χ0) is 15.5. The molecule has 0 unspecified atom stereocenters. The molecule has 0 spiro atoms. The molecule has 0 saturated heterocycles. The molecule has 1 aliphatic heterocycles. The average molecular weight is 337 g/mol. The number of carbonyl (C=O) groups excluding carboxylic acids is 1. The zero-order valence-corrected chi connectivity index (χ0v) is 13.2. The second kappa shape index (κ2) is 6.50. The van der Waals surface area contributed by atoms with Crippen molar-refractivity contribution < 1.29 is 4.79 Å². The van der Waals surface area contributed by atoms with Crippen LogP contribution in [0, 0.1) is 0 Å². The van der Waals surface area contributed by atoms with Crippen LogP contribution in [0.2, 0.25) is 10.0 Å². The highest BCUT2D eigenvalue weighted by atomic mass is 35.5. The van der Waals surface area contributed by atoms with Crippen molar-refractivity contribution in [2.45, 2.75) is 25.9 Å². The zero-order valence-electron chi connectivity index (χ0n) is 11.7. The molecule has 1 amide bonds. The molecule has 1 aliphatic rings. The minimum Gasteiger partial charge on any atom is -0.345 e. The van der Waals surface area contributed by atoms with Crippen molar-refractivity contribution in [1.29, 1.82) is 0 Å². The average Bonchev–Trinajstić information content (AvgIpc) is 3.09. The molecule has 114 valence electrons. The minimum atomic E-state index is -0.216. The van der Waals surface area contributed by atoms with Gasteiger partial charge >= 0.3 is 0 Å². The summed E-state index contributed by atoms with van der Waals surface area (Å²) in [7, 11) is 0. The van der Waals surface area contributed by atoms with Crippen molar-refractivity contribution in [3.63, 3.8) is 0 Å². The van der Waals surface area contributed by atoms with Gasteiger partial charge in [-0.2, -0.15) is 0 Å². The van der Waals surface area contributed by atoms with Crippen molar-refractivity contribution in [1.82, 2.24) is 20.1 Å². The van der Waals surface area contributed by atoms with Crippen LogP contribution in [0.25, 0.3) is 6.08 Å². The van der Waals surface area contributed by atoms with Crippen LogP contribution in [-0.4, -0.2) is 20.7 Å². The van der Waals surface area contributed by atoms with Gasteiger partial charge < -0.3 is 9.88 Å². The summed E-state index contributed by atoms with van der Waals surface area (Å²) < 4.78 is 2.05. The Morgan fingerprint density at radius 2 is 2.23 bits per heavy atom. The quantitative estimate of drug-likeness (QED) is 0.873. The molecule has 2 heterocycles. The topological polar surface area (TPSA) is 59.8 Å². The number of aryl methyl sites for hydroxylation is 1. The van der Waals surface area contributed by atoms with E-state index in [4.69, 9.17) is 23.2 Å². The maximum atomic E-state index is 11.9. The number of aromatic nitrogens is 3. The van der Waals surface area contributed by atoms with Crippen LogP contribution in [0.5, 0.6) is 0 Å². The number of amides is 1. The van der Waals surface area contributed by atoms with Crippen LogP contribution in [-0.2, 0) is 24.3 Å². The highest BCUT2D eigenvalue weighted by Crippen LogP contribution is 2.21. The van der Waals surface area contributed by atoms with Gasteiger partial charge in [-0.3, -0.25) is 4.79 Å². The molecule has 22 heavy (non-hydrogen) atoms. The molecule has 2 aromatic rings. The Morgan fingerprint density at radius 3 is 3.09 bits per heavy atom. The van der Waals surface area contributed by atoms with E-state index in [2.05, 4.69) is 20.1 Å². The Balaban J connectivity index is 1.60. The van der Waals surface area contributed by atoms with Gasteiger partial charge in [-0.05, 0) is 36.3 Å². The van der Waals surface area contributed by atoms with Crippen LogP contribution in [0.3, 0.4) is 0 Å². The lowest BCUT2D eigenvalue weighted by molar-refractivity contribution is -0.116. The number of rotatable bonds is 4. The molecule has 0 fully saturated rings. The van der Waals surface area contributed by atoms with E-state index < -0.39 is 0 Å². The lowest BCUT2D eigenvalue weighted by Gasteiger charge is -2.03. The molecule has 0 atom stereocenters. The highest BCUT2D eigenvalue weighted by Gasteiger charge is 2.16. The maximum absolute atomic E-state index is 11.9. The van der Waals surface area contributed by atoms with Gasteiger partial charge in [0.05, 0.1) is 6.54 Å². The molecule has 1 aromatic carbocycles. The van der Waals surface area contributed by atoms with Crippen LogP contribution in [0.1, 0.15) is 23.6 Å². The first kappa shape index (κ1) is 15.1. The molecule has 1 aromatic heterocycles. The van der Waals surface area contributed by atoms with Gasteiger partial charge in [-0.15, -0.1) is 10.2 Å². The van der Waals surface area contributed by atoms with Crippen LogP contribution >= 0.6 is 23.2 Å². The van der Waals surface area contributed by atoms with E-state index in [1.165, 1.54) is 6.08 Å². The Hall–Kier alpha value is -1.85. The fourth-order valence-electron chi connectivity index (χ4n) is 2.37. The molecule has 1 N–H and O–H groups in total. The summed E-state index contributed by atoms with van der Waals surface area (Å²) in [5.41, 5.74) is 0.702. The monoisotopic (exact) mass is 336 g/mol. The van der Waals surface area contributed by atoms with Crippen molar-refractivity contribution >= 4 is 35.2 Å². The minimum absolute atomic E-state index is 0.216. The van der Waals surface area contributed by atoms with E-state index in [1.807, 2.05) is 0 Å². The van der Waals surface area contributed by atoms with E-state index >= 15 is 0 Å². The Labute approximate surface area is 137 Å². The number of halogens is 2. The molecule has 0 bridgehead atoms. The first-order valence-corrected chi connectivity index (χ1v) is 7.71. The predicted molar refractivity (Wildman–Crippen MR) is 85.7 cm³/mol. The number of nitrogens with one attached hydrogen (secondary N) is 1. The number of hydrogen-bond acceptors (Lipinski definition) is 3. The smallest absolute Gasteiger partial charge is 0.244 e. The third-order valence-corrected chi connectivity index (χ3v) is 4.06. The van der Waals surface area contributed by atoms with Gasteiger partial charge in [0.1, 0.15) is 5.82 Å². The molecule has 0 saturated carbocycles. The summed E-state index contributed by atoms with van der Waals surface area (Å²) >= 11 is 11.9. The Kier molecular flexibility index (Phi) is 4.45. The number of benzene rings is 1. The SMILES string of the molecule is O=C(C=Cc1cc(Cl)ccc1Cl)NCc1nnc2n1CCC2. The Morgan fingerprint density at radius 1 is 1.36 bits per heavy atom. The van der Waals surface area contributed by atoms with Crippen molar-refractivity contribution in [2.24, 2.45) is 0 Å². The highest BCUT2D eigenvalue weighted by molar-refractivity contribution is 6.34. The molecule has 3 rings (SSSR count). The van der Waals surface area contributed by atoms with E-state index in [-0.39, 0.29) is 5.91 Å². The lowest BCUT2D eigenvalue weighted by Crippen LogP contribution is -2.22. The van der Waals surface area contributed by atoms with Crippen molar-refractivity contribution in [3.05, 3.63) is 51.5 Å². The Bertz CT molecular complexity index is 739. The van der Waals surface area contributed by atoms with Crippen LogP contribution in [0.15, 0.2) is 24.3 Å². The number of carbonyl (C=O) groups is 1. The summed E-state index contributed by atoms with van der Waals surface area (Å²) in [6.45, 7) is 1.28. The standard InChI is InChI=1S/C15H14Cl2N4O/c16-11-4-5-12(17)10(8-11)3-6-15(22)18-9-14-20-19-13-2-1-7-21(13)14/h3-6,8H,1-2,7,9H2,(H,18,22). The molecule has 0 aliphatic carbocycles. The summed E-state index contributed by atoms with van der Waals surface area (Å²) in [5.74, 6) is 1.56. The fraction of sp³-hybridized carbons (Fsp3) is 0.267. The van der Waals surface area contributed by atoms with E-state index in [1.54, 1.807) is 24.3 Å². The second-order valence-electron chi connectivity index (χ2n) is 5.00. The van der Waals surface area contributed by atoms with Gasteiger partial charge in [-0.25, -0.2) is 0 Å².